The van der Waals surface area contributed by atoms with Crippen LogP contribution in [0.5, 0.6) is 5.75 Å². The van der Waals surface area contributed by atoms with Crippen molar-refractivity contribution in [1.82, 2.24) is 24.0 Å². The minimum atomic E-state index is -0.561. The van der Waals surface area contributed by atoms with Gasteiger partial charge in [-0.1, -0.05) is 0 Å². The Morgan fingerprint density at radius 1 is 1.16 bits per heavy atom. The summed E-state index contributed by atoms with van der Waals surface area (Å²) in [6, 6.07) is 7.45. The molecule has 0 saturated carbocycles. The first kappa shape index (κ1) is 21.8. The highest BCUT2D eigenvalue weighted by molar-refractivity contribution is 5.82. The predicted octanol–water partition coefficient (Wildman–Crippen LogP) is 0.904. The molecule has 1 fully saturated rings. The van der Waals surface area contributed by atoms with Crippen LogP contribution in [0.3, 0.4) is 0 Å². The van der Waals surface area contributed by atoms with E-state index in [1.807, 2.05) is 12.1 Å². The number of anilines is 1. The summed E-state index contributed by atoms with van der Waals surface area (Å²) in [6.45, 7) is 7.01. The van der Waals surface area contributed by atoms with Crippen LogP contribution in [0.1, 0.15) is 25.7 Å². The summed E-state index contributed by atoms with van der Waals surface area (Å²) in [5.74, 6) is 1.35. The number of H-pyrrole nitrogens is 1. The maximum atomic E-state index is 12.6. The van der Waals surface area contributed by atoms with Crippen molar-refractivity contribution in [3.8, 4) is 5.75 Å². The molecule has 1 aliphatic heterocycles. The maximum Gasteiger partial charge on any atom is 0.329 e. The topological polar surface area (TPSA) is 105 Å². The number of imidazole rings is 1. The van der Waals surface area contributed by atoms with E-state index in [-0.39, 0.29) is 11.3 Å². The van der Waals surface area contributed by atoms with Crippen LogP contribution < -0.4 is 20.9 Å². The van der Waals surface area contributed by atoms with Gasteiger partial charge in [0.2, 0.25) is 0 Å². The van der Waals surface area contributed by atoms with Crippen LogP contribution in [-0.4, -0.2) is 63.1 Å². The van der Waals surface area contributed by atoms with Crippen molar-refractivity contribution >= 4 is 22.6 Å². The molecular formula is C22H28N6O4. The number of benzene rings is 1. The average molecular weight is 441 g/mol. The lowest BCUT2D eigenvalue weighted by Gasteiger charge is -2.36. The largest absolute Gasteiger partial charge is 0.497 e. The zero-order valence-electron chi connectivity index (χ0n) is 18.8. The fourth-order valence-electron chi connectivity index (χ4n) is 4.11. The van der Waals surface area contributed by atoms with Gasteiger partial charge in [0.05, 0.1) is 19.7 Å². The van der Waals surface area contributed by atoms with E-state index in [9.17, 15) is 14.4 Å². The van der Waals surface area contributed by atoms with Crippen LogP contribution in [0, 0.1) is 0 Å². The highest BCUT2D eigenvalue weighted by Crippen LogP contribution is 2.23. The van der Waals surface area contributed by atoms with Gasteiger partial charge in [0.1, 0.15) is 11.6 Å². The Morgan fingerprint density at radius 2 is 1.81 bits per heavy atom. The number of nitrogens with zero attached hydrogens (tertiary/aromatic N) is 5. The summed E-state index contributed by atoms with van der Waals surface area (Å²) in [5, 5.41) is 0. The molecule has 4 rings (SSSR count). The van der Waals surface area contributed by atoms with Gasteiger partial charge in [0.25, 0.3) is 5.56 Å². The second kappa shape index (κ2) is 8.62. The van der Waals surface area contributed by atoms with Crippen LogP contribution in [0.4, 0.5) is 5.69 Å². The molecule has 1 aliphatic rings. The minimum Gasteiger partial charge on any atom is -0.497 e. The van der Waals surface area contributed by atoms with E-state index in [0.29, 0.717) is 18.0 Å². The molecule has 3 aromatic rings. The number of aromatic nitrogens is 4. The molecule has 3 heterocycles. The van der Waals surface area contributed by atoms with Gasteiger partial charge in [-0.3, -0.25) is 24.0 Å². The number of carbonyl (C=O) groups excluding carboxylic acids is 1. The van der Waals surface area contributed by atoms with Crippen LogP contribution in [0.15, 0.2) is 33.9 Å². The molecule has 0 aliphatic carbocycles. The summed E-state index contributed by atoms with van der Waals surface area (Å²) in [5.41, 5.74) is 0.631. The summed E-state index contributed by atoms with van der Waals surface area (Å²) < 4.78 is 8.21. The third-order valence-electron chi connectivity index (χ3n) is 6.17. The molecule has 1 aromatic carbocycles. The van der Waals surface area contributed by atoms with Gasteiger partial charge >= 0.3 is 5.69 Å². The number of rotatable bonds is 6. The number of aryl methyl sites for hydroxylation is 1. The SMILES string of the molecule is COc1ccc(N2CCN(Cc3nc4c(c(=O)[nH]c(=O)n4C)n3C(C)C(C)=O)CC2)cc1. The molecule has 1 saturated heterocycles. The van der Waals surface area contributed by atoms with Crippen molar-refractivity contribution in [2.45, 2.75) is 26.4 Å². The molecule has 32 heavy (non-hydrogen) atoms. The van der Waals surface area contributed by atoms with Crippen LogP contribution in [-0.2, 0) is 18.4 Å². The molecule has 10 heteroatoms. The lowest BCUT2D eigenvalue weighted by atomic mass is 10.2. The Morgan fingerprint density at radius 3 is 2.41 bits per heavy atom. The quantitative estimate of drug-likeness (QED) is 0.607. The number of hydrogen-bond acceptors (Lipinski definition) is 7. The number of piperazine rings is 1. The van der Waals surface area contributed by atoms with E-state index in [0.717, 1.165) is 37.6 Å². The third kappa shape index (κ3) is 3.93. The molecule has 1 unspecified atom stereocenters. The van der Waals surface area contributed by atoms with Crippen molar-refractivity contribution in [3.05, 3.63) is 50.9 Å². The zero-order chi connectivity index (χ0) is 23.0. The lowest BCUT2D eigenvalue weighted by molar-refractivity contribution is -0.119. The van der Waals surface area contributed by atoms with E-state index in [4.69, 9.17) is 4.74 Å². The van der Waals surface area contributed by atoms with E-state index in [2.05, 4.69) is 31.9 Å². The fraction of sp³-hybridized carbons (Fsp3) is 0.455. The summed E-state index contributed by atoms with van der Waals surface area (Å²) in [6.07, 6.45) is 0. The number of Topliss-reactive ketones (excluding diaryl/α,β-unsaturated/α-hetero) is 1. The highest BCUT2D eigenvalue weighted by Gasteiger charge is 2.26. The number of hydrogen-bond donors (Lipinski definition) is 1. The molecule has 10 nitrogen and oxygen atoms in total. The number of ether oxygens (including phenoxy) is 1. The molecule has 0 bridgehead atoms. The van der Waals surface area contributed by atoms with Crippen molar-refractivity contribution < 1.29 is 9.53 Å². The molecule has 2 aromatic heterocycles. The summed E-state index contributed by atoms with van der Waals surface area (Å²) in [4.78, 5) is 48.3. The zero-order valence-corrected chi connectivity index (χ0v) is 18.8. The Hall–Kier alpha value is -3.40. The monoisotopic (exact) mass is 440 g/mol. The molecule has 0 amide bonds. The first-order valence-electron chi connectivity index (χ1n) is 10.6. The van der Waals surface area contributed by atoms with E-state index in [1.54, 1.807) is 25.6 Å². The molecular weight excluding hydrogens is 412 g/mol. The number of fused-ring (bicyclic) bond motifs is 1. The van der Waals surface area contributed by atoms with Crippen molar-refractivity contribution in [1.29, 1.82) is 0 Å². The second-order valence-electron chi connectivity index (χ2n) is 8.14. The van der Waals surface area contributed by atoms with Crippen LogP contribution in [0.25, 0.3) is 11.2 Å². The Balaban J connectivity index is 1.59. The van der Waals surface area contributed by atoms with Crippen molar-refractivity contribution in [3.63, 3.8) is 0 Å². The smallest absolute Gasteiger partial charge is 0.329 e. The molecule has 170 valence electrons. The maximum absolute atomic E-state index is 12.6. The average Bonchev–Trinajstić information content (AvgIpc) is 3.17. The van der Waals surface area contributed by atoms with Crippen LogP contribution in [0.2, 0.25) is 0 Å². The van der Waals surface area contributed by atoms with Crippen molar-refractivity contribution in [2.24, 2.45) is 7.05 Å². The van der Waals surface area contributed by atoms with Gasteiger partial charge < -0.3 is 14.2 Å². The molecule has 0 radical (unpaired) electrons. The number of carbonyl (C=O) groups is 1. The van der Waals surface area contributed by atoms with E-state index >= 15 is 0 Å². The molecule has 0 spiro atoms. The number of aromatic amines is 1. The molecule has 1 N–H and O–H groups in total. The molecule has 1 atom stereocenters. The number of nitrogens with one attached hydrogen (secondary N) is 1. The van der Waals surface area contributed by atoms with Gasteiger partial charge in [-0.15, -0.1) is 0 Å². The number of methoxy groups -OCH3 is 1. The lowest BCUT2D eigenvalue weighted by Crippen LogP contribution is -2.46. The number of ketones is 1. The predicted molar refractivity (Wildman–Crippen MR) is 121 cm³/mol. The van der Waals surface area contributed by atoms with Gasteiger partial charge in [-0.25, -0.2) is 9.78 Å². The standard InChI is InChI=1S/C22H28N6O4/c1-14(15(2)29)28-18(23-20-19(28)21(30)24-22(31)25(20)3)13-26-9-11-27(12-10-26)16-5-7-17(32-4)8-6-16/h5-8,14H,9-13H2,1-4H3,(H,24,30,31). The Bertz CT molecular complexity index is 1250. The fourth-order valence-corrected chi connectivity index (χ4v) is 4.11. The van der Waals surface area contributed by atoms with Gasteiger partial charge in [-0.2, -0.15) is 0 Å². The Labute approximate surface area is 185 Å². The summed E-state index contributed by atoms with van der Waals surface area (Å²) in [7, 11) is 3.22. The highest BCUT2D eigenvalue weighted by atomic mass is 16.5. The first-order valence-corrected chi connectivity index (χ1v) is 10.6. The van der Waals surface area contributed by atoms with Gasteiger partial charge in [0, 0.05) is 38.9 Å². The van der Waals surface area contributed by atoms with E-state index < -0.39 is 17.3 Å². The van der Waals surface area contributed by atoms with E-state index in [1.165, 1.54) is 11.5 Å². The third-order valence-corrected chi connectivity index (χ3v) is 6.17. The van der Waals surface area contributed by atoms with Gasteiger partial charge in [0.15, 0.2) is 16.9 Å². The van der Waals surface area contributed by atoms with Crippen molar-refractivity contribution in [2.75, 3.05) is 38.2 Å². The minimum absolute atomic E-state index is 0.0804. The first-order chi connectivity index (χ1) is 15.3. The summed E-state index contributed by atoms with van der Waals surface area (Å²) >= 11 is 0. The van der Waals surface area contributed by atoms with Gasteiger partial charge in [-0.05, 0) is 38.1 Å². The Kier molecular flexibility index (Phi) is 5.88. The van der Waals surface area contributed by atoms with Crippen LogP contribution >= 0.6 is 0 Å². The normalized spacial score (nSPS) is 15.8. The second-order valence-corrected chi connectivity index (χ2v) is 8.14.